The molecule has 0 aromatic heterocycles. The highest BCUT2D eigenvalue weighted by atomic mass is 16.3. The van der Waals surface area contributed by atoms with E-state index >= 15 is 0 Å². The number of primary amides is 1. The van der Waals surface area contributed by atoms with Crippen molar-refractivity contribution in [1.82, 2.24) is 0 Å². The summed E-state index contributed by atoms with van der Waals surface area (Å²) in [6.07, 6.45) is 6.58. The van der Waals surface area contributed by atoms with Crippen LogP contribution in [0.2, 0.25) is 0 Å². The number of carbonyl (C=O) groups excluding carboxylic acids is 1. The molecule has 0 spiro atoms. The predicted molar refractivity (Wildman–Crippen MR) is 80.1 cm³/mol. The largest absolute Gasteiger partial charge is 0.379 e. The predicted octanol–water partition coefficient (Wildman–Crippen LogP) is 2.75. The maximum absolute atomic E-state index is 12.0. The molecule has 3 heteroatoms. The van der Waals surface area contributed by atoms with Crippen molar-refractivity contribution in [2.75, 3.05) is 0 Å². The van der Waals surface area contributed by atoms with Gasteiger partial charge in [0.05, 0.1) is 0 Å². The van der Waals surface area contributed by atoms with E-state index in [-0.39, 0.29) is 5.92 Å². The molecule has 1 amide bonds. The maximum Gasteiger partial charge on any atom is 0.250 e. The third kappa shape index (κ3) is 2.63. The third-order valence-electron chi connectivity index (χ3n) is 4.49. The van der Waals surface area contributed by atoms with Gasteiger partial charge in [-0.3, -0.25) is 4.79 Å². The molecule has 0 saturated heterocycles. The Balaban J connectivity index is 2.39. The lowest BCUT2D eigenvalue weighted by Crippen LogP contribution is -2.54. The Morgan fingerprint density at radius 2 is 1.90 bits per heavy atom. The molecule has 2 atom stereocenters. The van der Waals surface area contributed by atoms with Crippen LogP contribution in [0, 0.1) is 5.92 Å². The van der Waals surface area contributed by atoms with Crippen LogP contribution in [0.25, 0.3) is 0 Å². The van der Waals surface area contributed by atoms with Gasteiger partial charge in [0, 0.05) is 5.92 Å². The SMILES string of the molecule is C=C[C@@H](c1ccccc1)[C@@](O)(C(N)=O)C1CCCCC1. The second-order valence-corrected chi connectivity index (χ2v) is 5.65. The molecule has 0 bridgehead atoms. The van der Waals surface area contributed by atoms with Gasteiger partial charge in [-0.15, -0.1) is 6.58 Å². The van der Waals surface area contributed by atoms with Crippen LogP contribution in [0.5, 0.6) is 0 Å². The molecule has 3 nitrogen and oxygen atoms in total. The summed E-state index contributed by atoms with van der Waals surface area (Å²) in [4.78, 5) is 12.0. The van der Waals surface area contributed by atoms with E-state index in [9.17, 15) is 9.90 Å². The molecule has 1 aliphatic carbocycles. The zero-order chi connectivity index (χ0) is 14.6. The number of aliphatic hydroxyl groups is 1. The van der Waals surface area contributed by atoms with Crippen LogP contribution in [0.1, 0.15) is 43.6 Å². The minimum atomic E-state index is -1.54. The van der Waals surface area contributed by atoms with Crippen LogP contribution in [0.4, 0.5) is 0 Å². The van der Waals surface area contributed by atoms with Gasteiger partial charge in [0.15, 0.2) is 5.60 Å². The first-order valence-corrected chi connectivity index (χ1v) is 7.30. The van der Waals surface area contributed by atoms with Crippen molar-refractivity contribution in [2.45, 2.75) is 43.6 Å². The first-order chi connectivity index (χ1) is 9.60. The number of hydrogen-bond donors (Lipinski definition) is 2. The van der Waals surface area contributed by atoms with E-state index in [0.29, 0.717) is 0 Å². The molecule has 1 aromatic carbocycles. The van der Waals surface area contributed by atoms with Gasteiger partial charge in [-0.2, -0.15) is 0 Å². The number of hydrogen-bond acceptors (Lipinski definition) is 2. The molecule has 1 fully saturated rings. The smallest absolute Gasteiger partial charge is 0.250 e. The molecular formula is C17H23NO2. The Bertz CT molecular complexity index is 465. The van der Waals surface area contributed by atoms with Gasteiger partial charge in [0.2, 0.25) is 0 Å². The Kier molecular flexibility index (Phi) is 4.61. The van der Waals surface area contributed by atoms with Gasteiger partial charge >= 0.3 is 0 Å². The molecule has 0 heterocycles. The second kappa shape index (κ2) is 6.23. The fourth-order valence-electron chi connectivity index (χ4n) is 3.38. The molecule has 0 unspecified atom stereocenters. The van der Waals surface area contributed by atoms with Crippen LogP contribution in [0.3, 0.4) is 0 Å². The van der Waals surface area contributed by atoms with Crippen LogP contribution in [0.15, 0.2) is 43.0 Å². The molecule has 3 N–H and O–H groups in total. The minimum Gasteiger partial charge on any atom is -0.379 e. The van der Waals surface area contributed by atoms with Crippen LogP contribution in [-0.4, -0.2) is 16.6 Å². The van der Waals surface area contributed by atoms with Gasteiger partial charge in [-0.05, 0) is 24.3 Å². The molecule has 20 heavy (non-hydrogen) atoms. The Labute approximate surface area is 120 Å². The molecule has 2 rings (SSSR count). The van der Waals surface area contributed by atoms with Crippen molar-refractivity contribution in [3.05, 3.63) is 48.6 Å². The number of rotatable bonds is 5. The van der Waals surface area contributed by atoms with Crippen molar-refractivity contribution >= 4 is 5.91 Å². The van der Waals surface area contributed by atoms with Gasteiger partial charge < -0.3 is 10.8 Å². The first-order valence-electron chi connectivity index (χ1n) is 7.30. The van der Waals surface area contributed by atoms with Crippen LogP contribution >= 0.6 is 0 Å². The van der Waals surface area contributed by atoms with E-state index in [0.717, 1.165) is 37.7 Å². The van der Waals surface area contributed by atoms with E-state index in [1.807, 2.05) is 30.3 Å². The fraction of sp³-hybridized carbons (Fsp3) is 0.471. The van der Waals surface area contributed by atoms with Crippen molar-refractivity contribution in [1.29, 1.82) is 0 Å². The summed E-state index contributed by atoms with van der Waals surface area (Å²) < 4.78 is 0. The summed E-state index contributed by atoms with van der Waals surface area (Å²) in [5.74, 6) is -1.18. The fourth-order valence-corrected chi connectivity index (χ4v) is 3.38. The molecule has 1 saturated carbocycles. The summed E-state index contributed by atoms with van der Waals surface area (Å²) >= 11 is 0. The maximum atomic E-state index is 12.0. The molecule has 0 radical (unpaired) electrons. The molecular weight excluding hydrogens is 250 g/mol. The lowest BCUT2D eigenvalue weighted by Gasteiger charge is -2.40. The van der Waals surface area contributed by atoms with Gasteiger partial charge in [-0.25, -0.2) is 0 Å². The summed E-state index contributed by atoms with van der Waals surface area (Å²) in [6, 6.07) is 9.52. The number of benzene rings is 1. The van der Waals surface area contributed by atoms with Gasteiger partial charge in [0.1, 0.15) is 0 Å². The normalized spacial score (nSPS) is 20.9. The van der Waals surface area contributed by atoms with Crippen molar-refractivity contribution in [2.24, 2.45) is 11.7 Å². The zero-order valence-corrected chi connectivity index (χ0v) is 11.8. The standard InChI is InChI=1S/C17H23NO2/c1-2-15(13-9-5-3-6-10-13)17(20,16(18)19)14-11-7-4-8-12-14/h2-3,5-6,9-10,14-15,20H,1,4,7-8,11-12H2,(H2,18,19)/t15-,17+/m0/s1. The van der Waals surface area contributed by atoms with E-state index in [4.69, 9.17) is 5.73 Å². The highest BCUT2D eigenvalue weighted by molar-refractivity contribution is 5.85. The highest BCUT2D eigenvalue weighted by Crippen LogP contribution is 2.42. The van der Waals surface area contributed by atoms with Crippen molar-refractivity contribution in [3.63, 3.8) is 0 Å². The topological polar surface area (TPSA) is 63.3 Å². The van der Waals surface area contributed by atoms with Gasteiger partial charge in [0.25, 0.3) is 5.91 Å². The second-order valence-electron chi connectivity index (χ2n) is 5.65. The summed E-state index contributed by atoms with van der Waals surface area (Å²) in [7, 11) is 0. The molecule has 0 aliphatic heterocycles. The van der Waals surface area contributed by atoms with E-state index < -0.39 is 17.4 Å². The highest BCUT2D eigenvalue weighted by Gasteiger charge is 2.48. The van der Waals surface area contributed by atoms with Crippen LogP contribution in [-0.2, 0) is 4.79 Å². The molecule has 108 valence electrons. The number of nitrogens with two attached hydrogens (primary N) is 1. The average molecular weight is 273 g/mol. The minimum absolute atomic E-state index is 0.0862. The zero-order valence-electron chi connectivity index (χ0n) is 11.8. The van der Waals surface area contributed by atoms with E-state index in [1.165, 1.54) is 0 Å². The van der Waals surface area contributed by atoms with E-state index in [1.54, 1.807) is 6.08 Å². The quantitative estimate of drug-likeness (QED) is 0.810. The Hall–Kier alpha value is -1.61. The van der Waals surface area contributed by atoms with E-state index in [2.05, 4.69) is 6.58 Å². The molecule has 1 aromatic rings. The lowest BCUT2D eigenvalue weighted by atomic mass is 9.68. The Morgan fingerprint density at radius 3 is 2.40 bits per heavy atom. The van der Waals surface area contributed by atoms with Gasteiger partial charge in [-0.1, -0.05) is 55.7 Å². The number of carbonyl (C=O) groups is 1. The van der Waals surface area contributed by atoms with Crippen LogP contribution < -0.4 is 5.73 Å². The first kappa shape index (κ1) is 14.8. The number of amides is 1. The summed E-state index contributed by atoms with van der Waals surface area (Å²) in [5.41, 5.74) is 4.92. The van der Waals surface area contributed by atoms with Crippen molar-refractivity contribution in [3.8, 4) is 0 Å². The molecule has 1 aliphatic rings. The lowest BCUT2D eigenvalue weighted by molar-refractivity contribution is -0.146. The monoisotopic (exact) mass is 273 g/mol. The average Bonchev–Trinajstić information content (AvgIpc) is 2.49. The third-order valence-corrected chi connectivity index (χ3v) is 4.49. The summed E-state index contributed by atoms with van der Waals surface area (Å²) in [5, 5.41) is 11.1. The summed E-state index contributed by atoms with van der Waals surface area (Å²) in [6.45, 7) is 3.81. The Morgan fingerprint density at radius 1 is 1.30 bits per heavy atom. The van der Waals surface area contributed by atoms with Crippen molar-refractivity contribution < 1.29 is 9.90 Å².